The van der Waals surface area contributed by atoms with Crippen LogP contribution in [0.3, 0.4) is 0 Å². The number of ether oxygens (including phenoxy) is 1. The second-order valence-electron chi connectivity index (χ2n) is 4.99. The van der Waals surface area contributed by atoms with Gasteiger partial charge in [-0.2, -0.15) is 5.10 Å². The van der Waals surface area contributed by atoms with Crippen LogP contribution in [-0.4, -0.2) is 50.7 Å². The molecular weight excluding hydrogens is 260 g/mol. The van der Waals surface area contributed by atoms with E-state index in [2.05, 4.69) is 10.1 Å². The van der Waals surface area contributed by atoms with Crippen LogP contribution in [0.15, 0.2) is 12.7 Å². The molecule has 1 atom stereocenters. The minimum Gasteiger partial charge on any atom is -0.467 e. The summed E-state index contributed by atoms with van der Waals surface area (Å²) in [6.45, 7) is 2.19. The topological polar surface area (TPSA) is 77.3 Å². The minimum absolute atomic E-state index is 0.0388. The van der Waals surface area contributed by atoms with E-state index in [9.17, 15) is 9.59 Å². The predicted molar refractivity (Wildman–Crippen MR) is 70.6 cm³/mol. The quantitative estimate of drug-likeness (QED) is 0.714. The summed E-state index contributed by atoms with van der Waals surface area (Å²) in [5, 5.41) is 3.97. The number of hydrogen-bond donors (Lipinski definition) is 0. The maximum absolute atomic E-state index is 12.4. The second kappa shape index (κ2) is 6.49. The van der Waals surface area contributed by atoms with Gasteiger partial charge in [0.15, 0.2) is 0 Å². The van der Waals surface area contributed by atoms with Crippen LogP contribution in [-0.2, 0) is 20.9 Å². The van der Waals surface area contributed by atoms with Crippen molar-refractivity contribution in [3.8, 4) is 0 Å². The fraction of sp³-hybridized carbons (Fsp3) is 0.692. The van der Waals surface area contributed by atoms with Gasteiger partial charge in [0.25, 0.3) is 0 Å². The van der Waals surface area contributed by atoms with Crippen LogP contribution < -0.4 is 0 Å². The maximum atomic E-state index is 12.4. The van der Waals surface area contributed by atoms with E-state index in [1.807, 2.05) is 0 Å². The van der Waals surface area contributed by atoms with Crippen molar-refractivity contribution >= 4 is 11.9 Å². The van der Waals surface area contributed by atoms with Gasteiger partial charge in [-0.3, -0.25) is 9.48 Å². The monoisotopic (exact) mass is 280 g/mol. The number of aromatic nitrogens is 3. The first kappa shape index (κ1) is 14.5. The average Bonchev–Trinajstić information content (AvgIpc) is 2.91. The smallest absolute Gasteiger partial charge is 0.328 e. The highest BCUT2D eigenvalue weighted by molar-refractivity contribution is 5.84. The summed E-state index contributed by atoms with van der Waals surface area (Å²) in [5.74, 6) is -0.408. The molecule has 0 N–H and O–H groups in total. The number of nitrogens with zero attached hydrogens (tertiary/aromatic N) is 4. The van der Waals surface area contributed by atoms with Crippen molar-refractivity contribution < 1.29 is 14.3 Å². The highest BCUT2D eigenvalue weighted by atomic mass is 16.5. The Balaban J connectivity index is 1.98. The molecule has 1 aliphatic rings. The number of amides is 1. The van der Waals surface area contributed by atoms with Gasteiger partial charge >= 0.3 is 5.97 Å². The number of hydrogen-bond acceptors (Lipinski definition) is 5. The summed E-state index contributed by atoms with van der Waals surface area (Å²) in [5.41, 5.74) is 0. The van der Waals surface area contributed by atoms with Gasteiger partial charge in [-0.1, -0.05) is 0 Å². The van der Waals surface area contributed by atoms with Crippen LogP contribution in [0.4, 0.5) is 0 Å². The first-order chi connectivity index (χ1) is 9.63. The molecular formula is C13H20N4O3. The van der Waals surface area contributed by atoms with Crippen LogP contribution in [0.1, 0.15) is 32.6 Å². The van der Waals surface area contributed by atoms with Gasteiger partial charge in [0, 0.05) is 12.5 Å². The van der Waals surface area contributed by atoms with Crippen molar-refractivity contribution in [2.45, 2.75) is 51.2 Å². The molecule has 2 rings (SSSR count). The largest absolute Gasteiger partial charge is 0.467 e. The lowest BCUT2D eigenvalue weighted by Gasteiger charge is -2.40. The predicted octanol–water partition coefficient (Wildman–Crippen LogP) is 0.611. The van der Waals surface area contributed by atoms with E-state index in [0.717, 1.165) is 19.3 Å². The molecule has 1 unspecified atom stereocenters. The molecule has 0 aliphatic heterocycles. The maximum Gasteiger partial charge on any atom is 0.328 e. The van der Waals surface area contributed by atoms with E-state index in [4.69, 9.17) is 4.74 Å². The zero-order valence-electron chi connectivity index (χ0n) is 11.9. The van der Waals surface area contributed by atoms with E-state index >= 15 is 0 Å². The summed E-state index contributed by atoms with van der Waals surface area (Å²) in [7, 11) is 1.34. The number of methoxy groups -OCH3 is 1. The number of rotatable bonds is 6. The first-order valence-corrected chi connectivity index (χ1v) is 6.85. The summed E-state index contributed by atoms with van der Waals surface area (Å²) in [6, 6.07) is -0.374. The Morgan fingerprint density at radius 2 is 2.25 bits per heavy atom. The standard InChI is InChI=1S/C13H20N4O3/c1-10(13(19)20-2)17(11-4-3-5-11)12(18)6-7-16-9-14-8-15-16/h8-11H,3-7H2,1-2H3. The van der Waals surface area contributed by atoms with E-state index in [1.165, 1.54) is 13.4 Å². The SMILES string of the molecule is COC(=O)C(C)N(C(=O)CCn1cncn1)C1CCC1. The number of carbonyl (C=O) groups is 2. The molecule has 0 aromatic carbocycles. The van der Waals surface area contributed by atoms with Crippen molar-refractivity contribution in [3.63, 3.8) is 0 Å². The minimum atomic E-state index is -0.534. The third-order valence-electron chi connectivity index (χ3n) is 3.74. The molecule has 1 aromatic heterocycles. The number of carbonyl (C=O) groups excluding carboxylic acids is 2. The Morgan fingerprint density at radius 3 is 2.75 bits per heavy atom. The normalized spacial score (nSPS) is 16.3. The molecule has 20 heavy (non-hydrogen) atoms. The Kier molecular flexibility index (Phi) is 4.70. The van der Waals surface area contributed by atoms with Gasteiger partial charge < -0.3 is 9.64 Å². The first-order valence-electron chi connectivity index (χ1n) is 6.85. The number of aryl methyl sites for hydroxylation is 1. The Hall–Kier alpha value is -1.92. The molecule has 0 saturated heterocycles. The summed E-state index contributed by atoms with van der Waals surface area (Å²) < 4.78 is 6.36. The second-order valence-corrected chi connectivity index (χ2v) is 4.99. The zero-order chi connectivity index (χ0) is 14.5. The highest BCUT2D eigenvalue weighted by Crippen LogP contribution is 2.27. The van der Waals surface area contributed by atoms with Crippen molar-refractivity contribution in [1.82, 2.24) is 19.7 Å². The molecule has 1 aliphatic carbocycles. The van der Waals surface area contributed by atoms with Gasteiger partial charge in [0.1, 0.15) is 18.7 Å². The third kappa shape index (κ3) is 3.15. The van der Waals surface area contributed by atoms with Gasteiger partial charge in [0.05, 0.1) is 13.7 Å². The molecule has 0 bridgehead atoms. The van der Waals surface area contributed by atoms with Gasteiger partial charge in [0.2, 0.25) is 5.91 Å². The number of esters is 1. The molecule has 7 nitrogen and oxygen atoms in total. The Morgan fingerprint density at radius 1 is 1.50 bits per heavy atom. The molecule has 1 fully saturated rings. The average molecular weight is 280 g/mol. The molecule has 1 saturated carbocycles. The van der Waals surface area contributed by atoms with E-state index in [1.54, 1.807) is 22.8 Å². The van der Waals surface area contributed by atoms with Crippen LogP contribution in [0, 0.1) is 0 Å². The van der Waals surface area contributed by atoms with Crippen molar-refractivity contribution in [2.24, 2.45) is 0 Å². The molecule has 1 amide bonds. The van der Waals surface area contributed by atoms with Crippen LogP contribution in [0.5, 0.6) is 0 Å². The zero-order valence-corrected chi connectivity index (χ0v) is 11.9. The molecule has 0 radical (unpaired) electrons. The fourth-order valence-electron chi connectivity index (χ4n) is 2.37. The summed E-state index contributed by atoms with van der Waals surface area (Å²) in [6.07, 6.45) is 6.33. The molecule has 1 aromatic rings. The third-order valence-corrected chi connectivity index (χ3v) is 3.74. The van der Waals surface area contributed by atoms with Crippen molar-refractivity contribution in [1.29, 1.82) is 0 Å². The van der Waals surface area contributed by atoms with E-state index in [0.29, 0.717) is 13.0 Å². The highest BCUT2D eigenvalue weighted by Gasteiger charge is 2.35. The van der Waals surface area contributed by atoms with Crippen molar-refractivity contribution in [2.75, 3.05) is 7.11 Å². The van der Waals surface area contributed by atoms with Crippen LogP contribution in [0.2, 0.25) is 0 Å². The van der Waals surface area contributed by atoms with Crippen LogP contribution in [0.25, 0.3) is 0 Å². The lowest BCUT2D eigenvalue weighted by atomic mass is 9.90. The molecule has 1 heterocycles. The lowest BCUT2D eigenvalue weighted by Crippen LogP contribution is -2.52. The molecule has 0 spiro atoms. The fourth-order valence-corrected chi connectivity index (χ4v) is 2.37. The van der Waals surface area contributed by atoms with Crippen molar-refractivity contribution in [3.05, 3.63) is 12.7 Å². The Bertz CT molecular complexity index is 456. The lowest BCUT2D eigenvalue weighted by molar-refractivity contribution is -0.155. The molecule has 110 valence electrons. The Labute approximate surface area is 117 Å². The molecule has 7 heteroatoms. The van der Waals surface area contributed by atoms with E-state index < -0.39 is 6.04 Å². The van der Waals surface area contributed by atoms with Crippen LogP contribution >= 0.6 is 0 Å². The van der Waals surface area contributed by atoms with Gasteiger partial charge in [-0.05, 0) is 26.2 Å². The summed E-state index contributed by atoms with van der Waals surface area (Å²) >= 11 is 0. The van der Waals surface area contributed by atoms with Gasteiger partial charge in [-0.25, -0.2) is 9.78 Å². The van der Waals surface area contributed by atoms with E-state index in [-0.39, 0.29) is 17.9 Å². The summed E-state index contributed by atoms with van der Waals surface area (Å²) in [4.78, 5) is 29.6. The van der Waals surface area contributed by atoms with Gasteiger partial charge in [-0.15, -0.1) is 0 Å².